The average Bonchev–Trinajstić information content (AvgIpc) is 2.16. The fraction of sp³-hybridized carbons (Fsp3) is 0.917. The molecule has 0 fully saturated rings. The van der Waals surface area contributed by atoms with Gasteiger partial charge in [-0.25, -0.2) is 0 Å². The Morgan fingerprint density at radius 1 is 1.19 bits per heavy atom. The normalized spacial score (nSPS) is 18.8. The molecule has 4 heteroatoms. The van der Waals surface area contributed by atoms with E-state index in [1.165, 1.54) is 0 Å². The van der Waals surface area contributed by atoms with Crippen LogP contribution >= 0.6 is 0 Å². The van der Waals surface area contributed by atoms with Crippen molar-refractivity contribution >= 4 is 5.97 Å². The lowest BCUT2D eigenvalue weighted by molar-refractivity contribution is -0.141. The number of carbonyl (C=O) groups is 1. The quantitative estimate of drug-likeness (QED) is 0.594. The molecule has 0 radical (unpaired) electrons. The van der Waals surface area contributed by atoms with Gasteiger partial charge < -0.3 is 15.5 Å². The summed E-state index contributed by atoms with van der Waals surface area (Å²) in [6, 6.07) is 0.387. The third-order valence-corrected chi connectivity index (χ3v) is 2.97. The minimum absolute atomic E-state index is 0.0758. The Labute approximate surface area is 98.1 Å². The number of aliphatic hydroxyl groups is 1. The molecule has 0 saturated carbocycles. The number of aliphatic hydroxyl groups excluding tert-OH is 1. The third kappa shape index (κ3) is 6.80. The second-order valence-electron chi connectivity index (χ2n) is 4.77. The lowest BCUT2D eigenvalue weighted by Gasteiger charge is -2.22. The Hall–Kier alpha value is -0.610. The summed E-state index contributed by atoms with van der Waals surface area (Å²) in [6.07, 6.45) is 2.19. The van der Waals surface area contributed by atoms with E-state index in [9.17, 15) is 9.90 Å². The van der Waals surface area contributed by atoms with E-state index in [0.29, 0.717) is 12.5 Å². The lowest BCUT2D eigenvalue weighted by Crippen LogP contribution is -2.41. The van der Waals surface area contributed by atoms with Gasteiger partial charge in [-0.1, -0.05) is 13.3 Å². The van der Waals surface area contributed by atoms with Gasteiger partial charge in [0, 0.05) is 12.1 Å². The van der Waals surface area contributed by atoms with Crippen molar-refractivity contribution in [3.05, 3.63) is 0 Å². The fourth-order valence-electron chi connectivity index (χ4n) is 1.53. The van der Waals surface area contributed by atoms with Crippen LogP contribution in [0.3, 0.4) is 0 Å². The molecule has 4 atom stereocenters. The summed E-state index contributed by atoms with van der Waals surface area (Å²) < 4.78 is 0. The Morgan fingerprint density at radius 3 is 2.19 bits per heavy atom. The first kappa shape index (κ1) is 15.4. The van der Waals surface area contributed by atoms with E-state index in [1.54, 1.807) is 13.8 Å². The summed E-state index contributed by atoms with van der Waals surface area (Å²) in [7, 11) is 0. The van der Waals surface area contributed by atoms with Gasteiger partial charge in [0.2, 0.25) is 0 Å². The van der Waals surface area contributed by atoms with Crippen molar-refractivity contribution in [1.82, 2.24) is 5.32 Å². The second kappa shape index (κ2) is 7.63. The smallest absolute Gasteiger partial charge is 0.306 e. The molecule has 0 spiro atoms. The van der Waals surface area contributed by atoms with Gasteiger partial charge >= 0.3 is 5.97 Å². The highest BCUT2D eigenvalue weighted by Gasteiger charge is 2.14. The SMILES string of the molecule is CC(CCCC(C)C(=O)O)NC(C)C(C)O. The Morgan fingerprint density at radius 2 is 1.75 bits per heavy atom. The topological polar surface area (TPSA) is 69.6 Å². The molecule has 0 aliphatic carbocycles. The van der Waals surface area contributed by atoms with Crippen LogP contribution in [0, 0.1) is 5.92 Å². The van der Waals surface area contributed by atoms with E-state index in [-0.39, 0.29) is 18.1 Å². The van der Waals surface area contributed by atoms with Gasteiger partial charge in [-0.05, 0) is 33.6 Å². The van der Waals surface area contributed by atoms with Crippen molar-refractivity contribution in [1.29, 1.82) is 0 Å². The van der Waals surface area contributed by atoms with Crippen LogP contribution in [0.15, 0.2) is 0 Å². The summed E-state index contributed by atoms with van der Waals surface area (Å²) in [5.41, 5.74) is 0. The van der Waals surface area contributed by atoms with E-state index < -0.39 is 5.97 Å². The molecular formula is C12H25NO3. The van der Waals surface area contributed by atoms with E-state index in [2.05, 4.69) is 12.2 Å². The molecule has 0 rings (SSSR count). The number of carboxylic acids is 1. The van der Waals surface area contributed by atoms with Gasteiger partial charge in [-0.2, -0.15) is 0 Å². The van der Waals surface area contributed by atoms with Gasteiger partial charge in [0.05, 0.1) is 12.0 Å². The number of nitrogens with one attached hydrogen (secondary N) is 1. The monoisotopic (exact) mass is 231 g/mol. The molecule has 0 saturated heterocycles. The predicted octanol–water partition coefficient (Wildman–Crippen LogP) is 1.62. The molecule has 3 N–H and O–H groups in total. The predicted molar refractivity (Wildman–Crippen MR) is 64.4 cm³/mol. The molecule has 16 heavy (non-hydrogen) atoms. The number of hydrogen-bond acceptors (Lipinski definition) is 3. The fourth-order valence-corrected chi connectivity index (χ4v) is 1.53. The van der Waals surface area contributed by atoms with Crippen molar-refractivity contribution in [3.8, 4) is 0 Å². The van der Waals surface area contributed by atoms with Crippen LogP contribution < -0.4 is 5.32 Å². The van der Waals surface area contributed by atoms with Crippen molar-refractivity contribution in [3.63, 3.8) is 0 Å². The zero-order valence-electron chi connectivity index (χ0n) is 10.7. The van der Waals surface area contributed by atoms with E-state index in [4.69, 9.17) is 5.11 Å². The van der Waals surface area contributed by atoms with E-state index in [1.807, 2.05) is 6.92 Å². The van der Waals surface area contributed by atoms with E-state index in [0.717, 1.165) is 12.8 Å². The molecule has 0 heterocycles. The molecule has 0 aromatic carbocycles. The van der Waals surface area contributed by atoms with Crippen molar-refractivity contribution in [2.24, 2.45) is 5.92 Å². The lowest BCUT2D eigenvalue weighted by atomic mass is 10.0. The first-order valence-corrected chi connectivity index (χ1v) is 6.01. The maximum absolute atomic E-state index is 10.6. The summed E-state index contributed by atoms with van der Waals surface area (Å²) in [6.45, 7) is 7.50. The maximum Gasteiger partial charge on any atom is 0.306 e. The van der Waals surface area contributed by atoms with Crippen LogP contribution in [0.4, 0.5) is 0 Å². The molecule has 0 amide bonds. The van der Waals surface area contributed by atoms with Crippen molar-refractivity contribution in [2.45, 2.75) is 65.1 Å². The average molecular weight is 231 g/mol. The number of rotatable bonds is 8. The summed E-state index contributed by atoms with van der Waals surface area (Å²) in [5, 5.41) is 21.3. The number of hydrogen-bond donors (Lipinski definition) is 3. The maximum atomic E-state index is 10.6. The zero-order chi connectivity index (χ0) is 12.7. The van der Waals surface area contributed by atoms with Crippen LogP contribution in [0.2, 0.25) is 0 Å². The van der Waals surface area contributed by atoms with Gasteiger partial charge in [0.15, 0.2) is 0 Å². The highest BCUT2D eigenvalue weighted by molar-refractivity contribution is 5.69. The minimum atomic E-state index is -0.724. The van der Waals surface area contributed by atoms with Gasteiger partial charge in [-0.15, -0.1) is 0 Å². The van der Waals surface area contributed by atoms with Crippen LogP contribution in [0.1, 0.15) is 47.0 Å². The molecule has 4 unspecified atom stereocenters. The van der Waals surface area contributed by atoms with Gasteiger partial charge in [-0.3, -0.25) is 4.79 Å². The van der Waals surface area contributed by atoms with Crippen LogP contribution in [0.25, 0.3) is 0 Å². The highest BCUT2D eigenvalue weighted by Crippen LogP contribution is 2.10. The molecule has 0 bridgehead atoms. The molecule has 4 nitrogen and oxygen atoms in total. The summed E-state index contributed by atoms with van der Waals surface area (Å²) in [5.74, 6) is -0.987. The molecule has 96 valence electrons. The van der Waals surface area contributed by atoms with Gasteiger partial charge in [0.25, 0.3) is 0 Å². The van der Waals surface area contributed by atoms with Gasteiger partial charge in [0.1, 0.15) is 0 Å². The Bertz CT molecular complexity index is 206. The van der Waals surface area contributed by atoms with Crippen LogP contribution in [0.5, 0.6) is 0 Å². The van der Waals surface area contributed by atoms with E-state index >= 15 is 0 Å². The zero-order valence-corrected chi connectivity index (χ0v) is 10.7. The highest BCUT2D eigenvalue weighted by atomic mass is 16.4. The molecule has 0 aliphatic rings. The van der Waals surface area contributed by atoms with Crippen molar-refractivity contribution < 1.29 is 15.0 Å². The Balaban J connectivity index is 3.65. The molecular weight excluding hydrogens is 206 g/mol. The van der Waals surface area contributed by atoms with Crippen molar-refractivity contribution in [2.75, 3.05) is 0 Å². The minimum Gasteiger partial charge on any atom is -0.481 e. The Kier molecular flexibility index (Phi) is 7.34. The number of carboxylic acid groups (broad SMARTS) is 1. The van der Waals surface area contributed by atoms with Crippen LogP contribution in [-0.2, 0) is 4.79 Å². The third-order valence-electron chi connectivity index (χ3n) is 2.97. The standard InChI is InChI=1S/C12H25NO3/c1-8(12(15)16)6-5-7-9(2)13-10(3)11(4)14/h8-11,13-14H,5-7H2,1-4H3,(H,15,16). The molecule has 0 aromatic rings. The molecule has 0 aromatic heterocycles. The summed E-state index contributed by atoms with van der Waals surface area (Å²) >= 11 is 0. The molecule has 0 aliphatic heterocycles. The first-order chi connectivity index (χ1) is 7.34. The summed E-state index contributed by atoms with van der Waals surface area (Å²) in [4.78, 5) is 10.6. The largest absolute Gasteiger partial charge is 0.481 e. The number of aliphatic carboxylic acids is 1. The second-order valence-corrected chi connectivity index (χ2v) is 4.77. The van der Waals surface area contributed by atoms with Crippen LogP contribution in [-0.4, -0.2) is 34.4 Å². The first-order valence-electron chi connectivity index (χ1n) is 6.01.